The smallest absolute Gasteiger partial charge is 0.232 e. The Kier molecular flexibility index (Phi) is 5.77. The van der Waals surface area contributed by atoms with Gasteiger partial charge < -0.3 is 15.3 Å². The Bertz CT molecular complexity index is 226. The summed E-state index contributed by atoms with van der Waals surface area (Å²) < 4.78 is 0. The van der Waals surface area contributed by atoms with E-state index in [4.69, 9.17) is 20.9 Å². The first kappa shape index (κ1) is 12.8. The van der Waals surface area contributed by atoms with E-state index < -0.39 is 31.3 Å². The number of carbonyl (C=O) groups excluding carboxylic acids is 1. The molecule has 0 aliphatic rings. The average Bonchev–Trinajstić information content (AvgIpc) is 2.21. The number of rotatable bonds is 6. The zero-order valence-electron chi connectivity index (χ0n) is 7.42. The predicted octanol–water partition coefficient (Wildman–Crippen LogP) is -1.87. The summed E-state index contributed by atoms with van der Waals surface area (Å²) >= 11 is 0. The molecule has 0 aromatic carbocycles. The fourth-order valence-electron chi connectivity index (χ4n) is 0.666. The Labute approximate surface area is 79.8 Å². The Balaban J connectivity index is 4.18. The highest BCUT2D eigenvalue weighted by molar-refractivity contribution is 5.78. The number of nitrogens with one attached hydrogen (secondary N) is 1. The van der Waals surface area contributed by atoms with Crippen LogP contribution in [0.2, 0.25) is 0 Å². The van der Waals surface area contributed by atoms with Crippen molar-refractivity contribution in [1.82, 2.24) is 5.32 Å². The lowest BCUT2D eigenvalue weighted by molar-refractivity contribution is -0.117. The maximum absolute atomic E-state index is 10.7. The van der Waals surface area contributed by atoms with Gasteiger partial charge in [0.2, 0.25) is 5.91 Å². The van der Waals surface area contributed by atoms with Crippen LogP contribution in [0.1, 0.15) is 0 Å². The fourth-order valence-corrected chi connectivity index (χ4v) is 0.666. The van der Waals surface area contributed by atoms with E-state index in [1.54, 1.807) is 0 Å². The van der Waals surface area contributed by atoms with Gasteiger partial charge in [-0.2, -0.15) is 0 Å². The molecule has 0 aliphatic carbocycles. The molecule has 8 nitrogen and oxygen atoms in total. The number of azide groups is 1. The molecule has 0 saturated heterocycles. The normalized spacial score (nSPS) is 10.8. The van der Waals surface area contributed by atoms with Crippen LogP contribution < -0.4 is 5.32 Å². The summed E-state index contributed by atoms with van der Waals surface area (Å²) in [5.41, 5.74) is 6.57. The number of nitrogens with zero attached hydrogens (tertiary/aromatic N) is 3. The topological polar surface area (TPSA) is 139 Å². The third-order valence-corrected chi connectivity index (χ3v) is 1.68. The first-order valence-corrected chi connectivity index (χ1v) is 3.79. The first-order valence-electron chi connectivity index (χ1n) is 3.79. The number of amides is 1. The fraction of sp³-hybridized carbons (Fsp3) is 0.833. The molecule has 1 amide bonds. The van der Waals surface area contributed by atoms with E-state index in [-0.39, 0.29) is 6.54 Å². The van der Waals surface area contributed by atoms with E-state index >= 15 is 0 Å². The second-order valence-corrected chi connectivity index (χ2v) is 2.69. The molecule has 0 bridgehead atoms. The van der Waals surface area contributed by atoms with Gasteiger partial charge in [0.05, 0.1) is 31.9 Å². The molecule has 0 radical (unpaired) electrons. The minimum Gasteiger partial charge on any atom is -0.394 e. The molecule has 4 N–H and O–H groups in total. The van der Waals surface area contributed by atoms with Gasteiger partial charge in [0.25, 0.3) is 0 Å². The van der Waals surface area contributed by atoms with Gasteiger partial charge in [-0.25, -0.2) is 0 Å². The van der Waals surface area contributed by atoms with Crippen LogP contribution in [0.15, 0.2) is 5.11 Å². The van der Waals surface area contributed by atoms with E-state index in [9.17, 15) is 4.79 Å². The van der Waals surface area contributed by atoms with Crippen LogP contribution in [-0.4, -0.2) is 53.1 Å². The van der Waals surface area contributed by atoms with E-state index in [1.165, 1.54) is 0 Å². The highest BCUT2D eigenvalue weighted by atomic mass is 16.3. The minimum atomic E-state index is -1.33. The highest BCUT2D eigenvalue weighted by Gasteiger charge is 2.27. The van der Waals surface area contributed by atoms with Crippen LogP contribution in [0.3, 0.4) is 0 Å². The minimum absolute atomic E-state index is 0.355. The van der Waals surface area contributed by atoms with E-state index in [0.717, 1.165) is 0 Å². The number of aliphatic hydroxyl groups is 3. The zero-order chi connectivity index (χ0) is 11.0. The quantitative estimate of drug-likeness (QED) is 0.228. The average molecular weight is 204 g/mol. The highest BCUT2D eigenvalue weighted by Crippen LogP contribution is 2.00. The van der Waals surface area contributed by atoms with Gasteiger partial charge in [0.15, 0.2) is 0 Å². The van der Waals surface area contributed by atoms with Gasteiger partial charge in [-0.3, -0.25) is 10.1 Å². The van der Waals surface area contributed by atoms with Crippen LogP contribution in [-0.2, 0) is 4.79 Å². The monoisotopic (exact) mass is 204 g/mol. The Morgan fingerprint density at radius 2 is 1.86 bits per heavy atom. The molecular weight excluding hydrogens is 192 g/mol. The lowest BCUT2D eigenvalue weighted by atomic mass is 10.0. The molecule has 0 aliphatic heterocycles. The molecule has 0 unspecified atom stereocenters. The van der Waals surface area contributed by atoms with Crippen molar-refractivity contribution in [3.63, 3.8) is 0 Å². The van der Waals surface area contributed by atoms with Gasteiger partial charge in [-0.1, -0.05) is 0 Å². The van der Waals surface area contributed by atoms with Crippen LogP contribution >= 0.6 is 0 Å². The Morgan fingerprint density at radius 3 is 2.21 bits per heavy atom. The largest absolute Gasteiger partial charge is 0.394 e. The lowest BCUT2D eigenvalue weighted by Gasteiger charge is -2.27. The standard InChI is InChI=1S/C6H12N4O4/c7-10-9-5(14)1-8-6(2-11,3-12)4-13/h8,11-13H,1-4H2. The molecule has 8 heteroatoms. The maximum Gasteiger partial charge on any atom is 0.232 e. The molecule has 80 valence electrons. The third kappa shape index (κ3) is 3.69. The molecule has 0 heterocycles. The van der Waals surface area contributed by atoms with Crippen molar-refractivity contribution < 1.29 is 20.1 Å². The summed E-state index contributed by atoms with van der Waals surface area (Å²) in [6, 6.07) is 0. The second kappa shape index (κ2) is 6.30. The van der Waals surface area contributed by atoms with Gasteiger partial charge in [-0.05, 0) is 10.6 Å². The number of aliphatic hydroxyl groups excluding tert-OH is 3. The van der Waals surface area contributed by atoms with Gasteiger partial charge in [0, 0.05) is 4.91 Å². The second-order valence-electron chi connectivity index (χ2n) is 2.69. The maximum atomic E-state index is 10.7. The molecule has 0 rings (SSSR count). The SMILES string of the molecule is [N-]=[N+]=NC(=O)CNC(CO)(CO)CO. The predicted molar refractivity (Wildman–Crippen MR) is 46.1 cm³/mol. The molecular formula is C6H12N4O4. The summed E-state index contributed by atoms with van der Waals surface area (Å²) in [6.45, 7) is -1.97. The van der Waals surface area contributed by atoms with E-state index in [1.807, 2.05) is 0 Å². The molecule has 0 aromatic rings. The van der Waals surface area contributed by atoms with Crippen molar-refractivity contribution in [3.8, 4) is 0 Å². The van der Waals surface area contributed by atoms with Crippen LogP contribution in [0.4, 0.5) is 0 Å². The summed E-state index contributed by atoms with van der Waals surface area (Å²) in [5.74, 6) is -0.785. The van der Waals surface area contributed by atoms with E-state index in [2.05, 4.69) is 15.3 Å². The molecule has 0 spiro atoms. The van der Waals surface area contributed by atoms with Crippen molar-refractivity contribution >= 4 is 5.91 Å². The summed E-state index contributed by atoms with van der Waals surface area (Å²) in [7, 11) is 0. The molecule has 0 aromatic heterocycles. The number of hydrogen-bond donors (Lipinski definition) is 4. The van der Waals surface area contributed by atoms with Gasteiger partial charge >= 0.3 is 0 Å². The summed E-state index contributed by atoms with van der Waals surface area (Å²) in [4.78, 5) is 13.0. The summed E-state index contributed by atoms with van der Waals surface area (Å²) in [5, 5.41) is 31.6. The Hall–Kier alpha value is -1.18. The third-order valence-electron chi connectivity index (χ3n) is 1.68. The Morgan fingerprint density at radius 1 is 1.36 bits per heavy atom. The molecule has 0 atom stereocenters. The molecule has 0 saturated carbocycles. The van der Waals surface area contributed by atoms with Crippen molar-refractivity contribution in [2.45, 2.75) is 5.54 Å². The molecule has 14 heavy (non-hydrogen) atoms. The van der Waals surface area contributed by atoms with Crippen molar-refractivity contribution in [3.05, 3.63) is 10.4 Å². The number of hydrogen-bond acceptors (Lipinski definition) is 5. The van der Waals surface area contributed by atoms with Crippen LogP contribution in [0, 0.1) is 0 Å². The first-order chi connectivity index (χ1) is 6.64. The molecule has 0 fully saturated rings. The van der Waals surface area contributed by atoms with Gasteiger partial charge in [-0.15, -0.1) is 0 Å². The van der Waals surface area contributed by atoms with Crippen LogP contribution in [0.25, 0.3) is 10.4 Å². The number of carbonyl (C=O) groups is 1. The van der Waals surface area contributed by atoms with Crippen molar-refractivity contribution in [2.75, 3.05) is 26.4 Å². The zero-order valence-corrected chi connectivity index (χ0v) is 7.42. The van der Waals surface area contributed by atoms with E-state index in [0.29, 0.717) is 0 Å². The summed E-state index contributed by atoms with van der Waals surface area (Å²) in [6.07, 6.45) is 0. The van der Waals surface area contributed by atoms with Crippen molar-refractivity contribution in [1.29, 1.82) is 0 Å². The lowest BCUT2D eigenvalue weighted by Crippen LogP contribution is -2.56. The van der Waals surface area contributed by atoms with Crippen molar-refractivity contribution in [2.24, 2.45) is 5.11 Å². The van der Waals surface area contributed by atoms with Gasteiger partial charge in [0.1, 0.15) is 0 Å². The van der Waals surface area contributed by atoms with Crippen LogP contribution in [0.5, 0.6) is 0 Å².